The second kappa shape index (κ2) is 13.5. The maximum atomic E-state index is 14.7. The quantitative estimate of drug-likeness (QED) is 0.258. The summed E-state index contributed by atoms with van der Waals surface area (Å²) in [5.41, 5.74) is 0.0763. The molecule has 0 saturated heterocycles. The lowest BCUT2D eigenvalue weighted by atomic mass is 9.85. The Kier molecular flexibility index (Phi) is 10.0. The van der Waals surface area contributed by atoms with Crippen LogP contribution in [-0.4, -0.2) is 77.0 Å². The van der Waals surface area contributed by atoms with Gasteiger partial charge in [-0.15, -0.1) is 0 Å². The summed E-state index contributed by atoms with van der Waals surface area (Å²) < 4.78 is 55.1. The largest absolute Gasteiger partial charge is 0.494 e. The second-order valence-corrected chi connectivity index (χ2v) is 16.7. The Morgan fingerprint density at radius 2 is 1.31 bits per heavy atom. The van der Waals surface area contributed by atoms with Crippen molar-refractivity contribution >= 4 is 80.4 Å². The standard InChI is InChI=1S/C33H33NO11S4/c1-9-45-18-12-15-21-20(16-18)22-27(32(3,4)34(21)49(39,40)19-13-10-17(2)11-14-19)46-24(29(36)42-6)23(28(35)41-5)33(22)47-25(30(37)43-7)26(48-33)31(38)44-8/h10-16H,9H2,1-8H3. The van der Waals surface area contributed by atoms with Crippen molar-refractivity contribution in [1.82, 2.24) is 0 Å². The molecule has 3 aliphatic heterocycles. The molecule has 0 fully saturated rings. The Morgan fingerprint density at radius 3 is 1.82 bits per heavy atom. The third-order valence-corrected chi connectivity index (χ3v) is 14.6. The number of ether oxygens (including phenoxy) is 5. The number of fused-ring (bicyclic) bond motifs is 3. The molecule has 0 radical (unpaired) electrons. The molecule has 0 amide bonds. The van der Waals surface area contributed by atoms with Gasteiger partial charge in [0.15, 0.2) is 0 Å². The van der Waals surface area contributed by atoms with Crippen LogP contribution in [0.25, 0.3) is 5.57 Å². The molecular formula is C33H33NO11S4. The smallest absolute Gasteiger partial charge is 0.345 e. The van der Waals surface area contributed by atoms with Crippen molar-refractivity contribution in [1.29, 1.82) is 0 Å². The Morgan fingerprint density at radius 1 is 0.776 bits per heavy atom. The molecule has 0 aromatic heterocycles. The summed E-state index contributed by atoms with van der Waals surface area (Å²) in [4.78, 5) is 53.7. The Bertz CT molecular complexity index is 1950. The van der Waals surface area contributed by atoms with Crippen LogP contribution in [0.1, 0.15) is 31.9 Å². The molecule has 2 aromatic carbocycles. The molecule has 12 nitrogen and oxygen atoms in total. The average Bonchev–Trinajstić information content (AvgIpc) is 3.47. The third kappa shape index (κ3) is 5.81. The summed E-state index contributed by atoms with van der Waals surface area (Å²) in [6.45, 7) is 7.26. The minimum atomic E-state index is -4.30. The van der Waals surface area contributed by atoms with Crippen LogP contribution in [0.3, 0.4) is 0 Å². The van der Waals surface area contributed by atoms with E-state index in [2.05, 4.69) is 0 Å². The highest BCUT2D eigenvalue weighted by atomic mass is 32.2. The van der Waals surface area contributed by atoms with Crippen LogP contribution in [-0.2, 0) is 48.1 Å². The van der Waals surface area contributed by atoms with Crippen LogP contribution in [0, 0.1) is 6.92 Å². The molecule has 16 heteroatoms. The summed E-state index contributed by atoms with van der Waals surface area (Å²) in [6, 6.07) is 11.3. The normalized spacial score (nSPS) is 17.8. The highest BCUT2D eigenvalue weighted by Crippen LogP contribution is 2.71. The first-order valence-electron chi connectivity index (χ1n) is 14.7. The number of thioether (sulfide) groups is 3. The van der Waals surface area contributed by atoms with Crippen LogP contribution in [0.2, 0.25) is 0 Å². The fraction of sp³-hybridized carbons (Fsp3) is 0.333. The molecule has 3 heterocycles. The van der Waals surface area contributed by atoms with Crippen LogP contribution >= 0.6 is 35.3 Å². The van der Waals surface area contributed by atoms with Gasteiger partial charge in [0.05, 0.1) is 56.7 Å². The van der Waals surface area contributed by atoms with Crippen molar-refractivity contribution < 1.29 is 51.3 Å². The van der Waals surface area contributed by atoms with Crippen molar-refractivity contribution in [3.05, 3.63) is 78.8 Å². The lowest BCUT2D eigenvalue weighted by Gasteiger charge is -2.50. The zero-order valence-corrected chi connectivity index (χ0v) is 31.1. The first-order valence-corrected chi connectivity index (χ1v) is 18.6. The van der Waals surface area contributed by atoms with Crippen molar-refractivity contribution in [3.63, 3.8) is 0 Å². The first-order chi connectivity index (χ1) is 23.1. The number of benzene rings is 2. The maximum Gasteiger partial charge on any atom is 0.345 e. The fourth-order valence-electron chi connectivity index (χ4n) is 5.77. The molecule has 0 N–H and O–H groups in total. The van der Waals surface area contributed by atoms with Gasteiger partial charge in [-0.05, 0) is 58.0 Å². The van der Waals surface area contributed by atoms with E-state index in [4.69, 9.17) is 23.7 Å². The first kappa shape index (κ1) is 36.4. The van der Waals surface area contributed by atoms with E-state index in [0.29, 0.717) is 21.8 Å². The van der Waals surface area contributed by atoms with Gasteiger partial charge in [0.1, 0.15) is 24.5 Å². The number of esters is 4. The molecule has 0 aliphatic carbocycles. The highest BCUT2D eigenvalue weighted by molar-refractivity contribution is 8.26. The lowest BCUT2D eigenvalue weighted by Crippen LogP contribution is -2.53. The van der Waals surface area contributed by atoms with Gasteiger partial charge in [0, 0.05) is 16.0 Å². The number of hydrogen-bond acceptors (Lipinski definition) is 14. The number of hydrogen-bond donors (Lipinski definition) is 0. The molecule has 260 valence electrons. The van der Waals surface area contributed by atoms with Gasteiger partial charge in [0.25, 0.3) is 10.0 Å². The number of carbonyl (C=O) groups is 4. The monoisotopic (exact) mass is 747 g/mol. The van der Waals surface area contributed by atoms with Crippen LogP contribution in [0.4, 0.5) is 5.69 Å². The number of carbonyl (C=O) groups excluding carboxylic acids is 4. The molecule has 3 aliphatic rings. The molecule has 2 aromatic rings. The van der Waals surface area contributed by atoms with E-state index >= 15 is 0 Å². The lowest BCUT2D eigenvalue weighted by molar-refractivity contribution is -0.138. The predicted molar refractivity (Wildman–Crippen MR) is 187 cm³/mol. The van der Waals surface area contributed by atoms with Crippen molar-refractivity contribution in [2.45, 2.75) is 42.2 Å². The van der Waals surface area contributed by atoms with Gasteiger partial charge >= 0.3 is 23.9 Å². The van der Waals surface area contributed by atoms with Crippen molar-refractivity contribution in [2.75, 3.05) is 39.4 Å². The SMILES string of the molecule is CCOc1ccc2c(c1)C1=C(SC(C(=O)OC)=C(C(=O)OC)C13SC(C(=O)OC)=C(C(=O)OC)S3)C(C)(C)N2S(=O)(=O)c1ccc(C)cc1. The summed E-state index contributed by atoms with van der Waals surface area (Å²) in [5.74, 6) is -3.25. The van der Waals surface area contributed by atoms with Gasteiger partial charge in [-0.3, -0.25) is 4.31 Å². The topological polar surface area (TPSA) is 152 Å². The maximum absolute atomic E-state index is 14.7. The van der Waals surface area contributed by atoms with Crippen LogP contribution < -0.4 is 9.04 Å². The van der Waals surface area contributed by atoms with Gasteiger partial charge in [-0.2, -0.15) is 0 Å². The zero-order chi connectivity index (χ0) is 36.1. The number of aryl methyl sites for hydroxylation is 1. The molecule has 1 spiro atoms. The summed E-state index contributed by atoms with van der Waals surface area (Å²) in [6.07, 6.45) is 0. The van der Waals surface area contributed by atoms with Gasteiger partial charge in [0.2, 0.25) is 0 Å². The third-order valence-electron chi connectivity index (χ3n) is 7.91. The number of nitrogens with zero attached hydrogens (tertiary/aromatic N) is 1. The Hall–Kier alpha value is -3.86. The van der Waals surface area contributed by atoms with Crippen molar-refractivity contribution in [3.8, 4) is 5.75 Å². The fourth-order valence-corrected chi connectivity index (χ4v) is 12.7. The number of methoxy groups -OCH3 is 4. The summed E-state index contributed by atoms with van der Waals surface area (Å²) in [7, 11) is 0.252. The molecule has 0 unspecified atom stereocenters. The number of rotatable bonds is 8. The predicted octanol–water partition coefficient (Wildman–Crippen LogP) is 5.17. The minimum Gasteiger partial charge on any atom is -0.494 e. The zero-order valence-electron chi connectivity index (χ0n) is 27.8. The van der Waals surface area contributed by atoms with E-state index in [0.717, 1.165) is 69.3 Å². The Balaban J connectivity index is 1.94. The summed E-state index contributed by atoms with van der Waals surface area (Å²) in [5, 5.41) is 0. The van der Waals surface area contributed by atoms with Crippen LogP contribution in [0.5, 0.6) is 5.75 Å². The van der Waals surface area contributed by atoms with E-state index in [1.54, 1.807) is 51.1 Å². The molecule has 49 heavy (non-hydrogen) atoms. The van der Waals surface area contributed by atoms with Crippen molar-refractivity contribution in [2.24, 2.45) is 0 Å². The molecular weight excluding hydrogens is 715 g/mol. The molecule has 0 bridgehead atoms. The van der Waals surface area contributed by atoms with E-state index in [9.17, 15) is 27.6 Å². The van der Waals surface area contributed by atoms with E-state index < -0.39 is 43.5 Å². The van der Waals surface area contributed by atoms with Gasteiger partial charge < -0.3 is 23.7 Å². The number of anilines is 1. The second-order valence-electron chi connectivity index (χ2n) is 11.2. The highest BCUT2D eigenvalue weighted by Gasteiger charge is 2.62. The molecule has 5 rings (SSSR count). The van der Waals surface area contributed by atoms with Gasteiger partial charge in [-0.25, -0.2) is 27.6 Å². The van der Waals surface area contributed by atoms with E-state index in [1.807, 2.05) is 6.92 Å². The Labute approximate surface area is 296 Å². The van der Waals surface area contributed by atoms with E-state index in [-0.39, 0.29) is 37.5 Å². The van der Waals surface area contributed by atoms with Gasteiger partial charge in [-0.1, -0.05) is 53.0 Å². The average molecular weight is 748 g/mol. The molecule has 0 saturated carbocycles. The van der Waals surface area contributed by atoms with Crippen LogP contribution in [0.15, 0.2) is 72.6 Å². The summed E-state index contributed by atoms with van der Waals surface area (Å²) >= 11 is 2.46. The number of sulfonamides is 1. The minimum absolute atomic E-state index is 0.0248. The molecule has 0 atom stereocenters. The van der Waals surface area contributed by atoms with E-state index in [1.165, 1.54) is 16.4 Å².